The number of hydrogen-bond donors (Lipinski definition) is 0. The van der Waals surface area contributed by atoms with Crippen LogP contribution in [0.4, 0.5) is 0 Å². The summed E-state index contributed by atoms with van der Waals surface area (Å²) in [6.45, 7) is 3.93. The monoisotopic (exact) mass is 268 g/mol. The zero-order chi connectivity index (χ0) is 13.4. The fourth-order valence-corrected chi connectivity index (χ4v) is 2.41. The molecule has 0 saturated carbocycles. The van der Waals surface area contributed by atoms with E-state index in [4.69, 9.17) is 0 Å². The molecule has 0 saturated heterocycles. The second-order valence-electron chi connectivity index (χ2n) is 4.12. The van der Waals surface area contributed by atoms with Gasteiger partial charge in [0.15, 0.2) is 0 Å². The molecule has 0 aromatic heterocycles. The average Bonchev–Trinajstić information content (AvgIpc) is 2.31. The van der Waals surface area contributed by atoms with Crippen LogP contribution in [0, 0.1) is 6.92 Å². The van der Waals surface area contributed by atoms with Crippen LogP contribution in [0.3, 0.4) is 0 Å². The minimum atomic E-state index is -3.33. The summed E-state index contributed by atoms with van der Waals surface area (Å²) in [5.74, 6) is 0.0469. The van der Waals surface area contributed by atoms with E-state index in [-0.39, 0.29) is 12.4 Å². The maximum absolute atomic E-state index is 11.2. The number of rotatable bonds is 7. The lowest BCUT2D eigenvalue weighted by Crippen LogP contribution is -2.09. The summed E-state index contributed by atoms with van der Waals surface area (Å²) in [6.07, 6.45) is 5.20. The molecule has 0 aliphatic heterocycles. The van der Waals surface area contributed by atoms with Crippen molar-refractivity contribution in [3.05, 3.63) is 47.5 Å². The van der Waals surface area contributed by atoms with E-state index in [9.17, 15) is 8.42 Å². The van der Waals surface area contributed by atoms with Gasteiger partial charge in [0.25, 0.3) is 10.1 Å². The lowest BCUT2D eigenvalue weighted by molar-refractivity contribution is 0.338. The first-order valence-corrected chi connectivity index (χ1v) is 7.69. The molecule has 0 amide bonds. The van der Waals surface area contributed by atoms with Crippen LogP contribution in [0.1, 0.15) is 24.5 Å². The molecule has 0 fully saturated rings. The SMILES string of the molecule is CCOS(=O)(=O)CCC=CCc1ccc(C)cc1. The van der Waals surface area contributed by atoms with Crippen molar-refractivity contribution in [2.45, 2.75) is 26.7 Å². The first kappa shape index (κ1) is 14.9. The minimum Gasteiger partial charge on any atom is -0.270 e. The molecule has 0 aliphatic rings. The van der Waals surface area contributed by atoms with E-state index >= 15 is 0 Å². The standard InChI is InChI=1S/C14H20O3S/c1-3-17-18(15,16)12-6-4-5-7-14-10-8-13(2)9-11-14/h4-5,8-11H,3,6-7,12H2,1-2H3. The van der Waals surface area contributed by atoms with Crippen molar-refractivity contribution in [3.8, 4) is 0 Å². The quantitative estimate of drug-likeness (QED) is 0.564. The van der Waals surface area contributed by atoms with Crippen LogP contribution in [0.5, 0.6) is 0 Å². The molecule has 0 aliphatic carbocycles. The van der Waals surface area contributed by atoms with Crippen molar-refractivity contribution in [1.29, 1.82) is 0 Å². The molecule has 1 aromatic carbocycles. The normalized spacial score (nSPS) is 12.1. The third-order valence-electron chi connectivity index (χ3n) is 2.47. The van der Waals surface area contributed by atoms with Gasteiger partial charge >= 0.3 is 0 Å². The molecule has 0 bridgehead atoms. The summed E-state index contributed by atoms with van der Waals surface area (Å²) in [6, 6.07) is 8.30. The van der Waals surface area contributed by atoms with Gasteiger partial charge in [-0.25, -0.2) is 0 Å². The van der Waals surface area contributed by atoms with E-state index in [2.05, 4.69) is 35.4 Å². The molecule has 3 nitrogen and oxygen atoms in total. The fraction of sp³-hybridized carbons (Fsp3) is 0.429. The first-order valence-electron chi connectivity index (χ1n) is 6.11. The van der Waals surface area contributed by atoms with Crippen molar-refractivity contribution in [2.75, 3.05) is 12.4 Å². The molecular formula is C14H20O3S. The van der Waals surface area contributed by atoms with Gasteiger partial charge in [-0.05, 0) is 32.3 Å². The lowest BCUT2D eigenvalue weighted by atomic mass is 10.1. The van der Waals surface area contributed by atoms with Crippen molar-refractivity contribution >= 4 is 10.1 Å². The lowest BCUT2D eigenvalue weighted by Gasteiger charge is -2.00. The zero-order valence-corrected chi connectivity index (χ0v) is 11.7. The van der Waals surface area contributed by atoms with Gasteiger partial charge in [0, 0.05) is 0 Å². The highest BCUT2D eigenvalue weighted by Crippen LogP contribution is 2.05. The van der Waals surface area contributed by atoms with E-state index in [0.717, 1.165) is 6.42 Å². The molecule has 100 valence electrons. The largest absolute Gasteiger partial charge is 0.270 e. The Kier molecular flexibility index (Phi) is 6.09. The molecule has 0 atom stereocenters. The molecule has 4 heteroatoms. The van der Waals surface area contributed by atoms with Crippen LogP contribution >= 0.6 is 0 Å². The Morgan fingerprint density at radius 3 is 2.44 bits per heavy atom. The summed E-state index contributed by atoms with van der Waals surface area (Å²) in [4.78, 5) is 0. The molecule has 0 radical (unpaired) electrons. The Labute approximate surface area is 110 Å². The summed E-state index contributed by atoms with van der Waals surface area (Å²) < 4.78 is 27.1. The minimum absolute atomic E-state index is 0.0469. The van der Waals surface area contributed by atoms with Crippen LogP contribution in [-0.4, -0.2) is 20.8 Å². The van der Waals surface area contributed by atoms with Gasteiger partial charge in [-0.3, -0.25) is 4.18 Å². The average molecular weight is 268 g/mol. The van der Waals surface area contributed by atoms with E-state index in [0.29, 0.717) is 6.42 Å². The summed E-state index contributed by atoms with van der Waals surface area (Å²) in [5.41, 5.74) is 2.47. The highest BCUT2D eigenvalue weighted by molar-refractivity contribution is 7.86. The molecule has 0 N–H and O–H groups in total. The number of aryl methyl sites for hydroxylation is 1. The highest BCUT2D eigenvalue weighted by Gasteiger charge is 2.07. The van der Waals surface area contributed by atoms with E-state index in [1.54, 1.807) is 6.92 Å². The van der Waals surface area contributed by atoms with Gasteiger partial charge in [-0.15, -0.1) is 0 Å². The Morgan fingerprint density at radius 2 is 1.83 bits per heavy atom. The third kappa shape index (κ3) is 5.98. The second-order valence-corrected chi connectivity index (χ2v) is 5.88. The number of benzene rings is 1. The van der Waals surface area contributed by atoms with Crippen LogP contribution in [0.2, 0.25) is 0 Å². The summed E-state index contributed by atoms with van der Waals surface area (Å²) in [5, 5.41) is 0. The van der Waals surface area contributed by atoms with Crippen molar-refractivity contribution in [1.82, 2.24) is 0 Å². The Morgan fingerprint density at radius 1 is 1.17 bits per heavy atom. The number of allylic oxidation sites excluding steroid dienone is 2. The number of hydrogen-bond acceptors (Lipinski definition) is 3. The highest BCUT2D eigenvalue weighted by atomic mass is 32.2. The summed E-state index contributed by atoms with van der Waals surface area (Å²) in [7, 11) is -3.33. The Hall–Kier alpha value is -1.13. The predicted molar refractivity (Wildman–Crippen MR) is 74.1 cm³/mol. The van der Waals surface area contributed by atoms with Crippen LogP contribution in [-0.2, 0) is 20.7 Å². The van der Waals surface area contributed by atoms with E-state index in [1.807, 2.05) is 12.2 Å². The van der Waals surface area contributed by atoms with E-state index < -0.39 is 10.1 Å². The molecule has 1 rings (SSSR count). The first-order chi connectivity index (χ1) is 8.53. The second kappa shape index (κ2) is 7.34. The van der Waals surface area contributed by atoms with Gasteiger partial charge in [-0.2, -0.15) is 8.42 Å². The van der Waals surface area contributed by atoms with Gasteiger partial charge in [0.2, 0.25) is 0 Å². The molecule has 18 heavy (non-hydrogen) atoms. The maximum Gasteiger partial charge on any atom is 0.267 e. The van der Waals surface area contributed by atoms with Crippen molar-refractivity contribution in [2.24, 2.45) is 0 Å². The fourth-order valence-electron chi connectivity index (χ4n) is 1.51. The molecule has 0 unspecified atom stereocenters. The van der Waals surface area contributed by atoms with Crippen LogP contribution in [0.15, 0.2) is 36.4 Å². The van der Waals surface area contributed by atoms with Gasteiger partial charge < -0.3 is 0 Å². The maximum atomic E-state index is 11.2. The van der Waals surface area contributed by atoms with Crippen LogP contribution < -0.4 is 0 Å². The summed E-state index contributed by atoms with van der Waals surface area (Å²) >= 11 is 0. The van der Waals surface area contributed by atoms with Crippen molar-refractivity contribution in [3.63, 3.8) is 0 Å². The van der Waals surface area contributed by atoms with Crippen molar-refractivity contribution < 1.29 is 12.6 Å². The Bertz CT molecular complexity index is 472. The third-order valence-corrected chi connectivity index (χ3v) is 3.80. The zero-order valence-electron chi connectivity index (χ0n) is 10.9. The molecular weight excluding hydrogens is 248 g/mol. The predicted octanol–water partition coefficient (Wildman–Crippen LogP) is 2.85. The molecule has 1 aromatic rings. The molecule has 0 spiro atoms. The van der Waals surface area contributed by atoms with Gasteiger partial charge in [-0.1, -0.05) is 42.0 Å². The van der Waals surface area contributed by atoms with Crippen LogP contribution in [0.25, 0.3) is 0 Å². The van der Waals surface area contributed by atoms with Gasteiger partial charge in [0.05, 0.1) is 12.4 Å². The topological polar surface area (TPSA) is 43.4 Å². The Balaban J connectivity index is 2.32. The van der Waals surface area contributed by atoms with Gasteiger partial charge in [0.1, 0.15) is 0 Å². The molecule has 0 heterocycles. The van der Waals surface area contributed by atoms with E-state index in [1.165, 1.54) is 11.1 Å². The smallest absolute Gasteiger partial charge is 0.267 e.